The molecule has 0 fully saturated rings. The van der Waals surface area contributed by atoms with Crippen LogP contribution in [0.1, 0.15) is 22.7 Å². The summed E-state index contributed by atoms with van der Waals surface area (Å²) < 4.78 is 20.5. The normalized spacial score (nSPS) is 16.8. The number of anilines is 1. The molecule has 3 N–H and O–H groups in total. The van der Waals surface area contributed by atoms with E-state index in [9.17, 15) is 4.79 Å². The van der Waals surface area contributed by atoms with Crippen molar-refractivity contribution in [3.8, 4) is 5.75 Å². The van der Waals surface area contributed by atoms with Gasteiger partial charge in [-0.15, -0.1) is 0 Å². The second-order valence-corrected chi connectivity index (χ2v) is 8.80. The second-order valence-electron chi connectivity index (χ2n) is 8.80. The maximum atomic E-state index is 15.2. The van der Waals surface area contributed by atoms with Crippen LogP contribution in [-0.4, -0.2) is 23.0 Å². The third kappa shape index (κ3) is 4.16. The van der Waals surface area contributed by atoms with Crippen LogP contribution in [0.5, 0.6) is 5.75 Å². The Labute approximate surface area is 219 Å². The van der Waals surface area contributed by atoms with Crippen LogP contribution in [0.25, 0.3) is 11.1 Å². The summed E-state index contributed by atoms with van der Waals surface area (Å²) in [7, 11) is 1.59. The Morgan fingerprint density at radius 1 is 0.921 bits per heavy atom. The minimum Gasteiger partial charge on any atom is -0.497 e. The minimum absolute atomic E-state index is 0.297. The van der Waals surface area contributed by atoms with Crippen molar-refractivity contribution in [3.63, 3.8) is 0 Å². The number of nitrogens with one attached hydrogen (secondary N) is 3. The zero-order valence-corrected chi connectivity index (χ0v) is 20.5. The van der Waals surface area contributed by atoms with Gasteiger partial charge in [-0.05, 0) is 41.5 Å². The van der Waals surface area contributed by atoms with Crippen LogP contribution in [0, 0.1) is 5.82 Å². The lowest BCUT2D eigenvalue weighted by Crippen LogP contribution is -2.47. The van der Waals surface area contributed by atoms with Gasteiger partial charge in [0.2, 0.25) is 0 Å². The molecule has 0 radical (unpaired) electrons. The summed E-state index contributed by atoms with van der Waals surface area (Å²) in [5, 5.41) is 8.13. The first-order valence-electron chi connectivity index (χ1n) is 12.1. The van der Waals surface area contributed by atoms with Crippen molar-refractivity contribution in [3.05, 3.63) is 137 Å². The fraction of sp³-hybridized carbons (Fsp3) is 0.0667. The van der Waals surface area contributed by atoms with Crippen molar-refractivity contribution in [1.82, 2.24) is 20.7 Å². The zero-order valence-electron chi connectivity index (χ0n) is 20.5. The highest BCUT2D eigenvalue weighted by Gasteiger charge is 2.42. The number of halogens is 1. The molecular formula is C30H24FN5O2. The quantitative estimate of drug-likeness (QED) is 0.340. The van der Waals surface area contributed by atoms with Gasteiger partial charge >= 0.3 is 0 Å². The standard InChI is InChI=1S/C30H24FN5O2/c1-38-21-16-14-19(15-17-21)25-28(33-24-13-7-8-18-32-24)34-29-26(22-11-5-6-12-23(22)31)27(35-36(29)30(25)37)20-9-3-2-4-10-20/h2-18,27,34-35H,1H3,(H,32,33). The molecule has 2 aliphatic heterocycles. The Hall–Kier alpha value is -4.95. The Morgan fingerprint density at radius 2 is 1.66 bits per heavy atom. The largest absolute Gasteiger partial charge is 0.497 e. The molecule has 3 heterocycles. The van der Waals surface area contributed by atoms with E-state index >= 15 is 4.39 Å². The maximum Gasteiger partial charge on any atom is 0.278 e. The van der Waals surface area contributed by atoms with Gasteiger partial charge in [0, 0.05) is 17.3 Å². The van der Waals surface area contributed by atoms with E-state index in [1.165, 1.54) is 11.1 Å². The number of aromatic nitrogens is 1. The molecule has 0 saturated carbocycles. The molecule has 1 amide bonds. The van der Waals surface area contributed by atoms with E-state index in [-0.39, 0.29) is 11.7 Å². The van der Waals surface area contributed by atoms with Crippen LogP contribution in [0.4, 0.5) is 10.2 Å². The van der Waals surface area contributed by atoms with Crippen LogP contribution in [-0.2, 0) is 4.79 Å². The SMILES string of the molecule is COc1ccc(C2=C(Nc3ccccn3)NC3=C(c4ccccc4F)C(c4ccccc4)NN3C2=O)cc1. The monoisotopic (exact) mass is 505 g/mol. The van der Waals surface area contributed by atoms with Gasteiger partial charge in [-0.2, -0.15) is 0 Å². The molecule has 4 aromatic rings. The number of methoxy groups -OCH3 is 1. The lowest BCUT2D eigenvalue weighted by molar-refractivity contribution is -0.126. The summed E-state index contributed by atoms with van der Waals surface area (Å²) >= 11 is 0. The summed E-state index contributed by atoms with van der Waals surface area (Å²) in [6.45, 7) is 0. The molecule has 0 spiro atoms. The van der Waals surface area contributed by atoms with Crippen molar-refractivity contribution >= 4 is 22.9 Å². The van der Waals surface area contributed by atoms with Crippen LogP contribution >= 0.6 is 0 Å². The van der Waals surface area contributed by atoms with Gasteiger partial charge in [0.25, 0.3) is 5.91 Å². The lowest BCUT2D eigenvalue weighted by Gasteiger charge is -2.31. The molecule has 7 nitrogen and oxygen atoms in total. The minimum atomic E-state index is -0.467. The van der Waals surface area contributed by atoms with Crippen molar-refractivity contribution in [1.29, 1.82) is 0 Å². The van der Waals surface area contributed by atoms with Gasteiger partial charge < -0.3 is 15.4 Å². The first-order valence-corrected chi connectivity index (χ1v) is 12.1. The number of benzene rings is 3. The summed E-state index contributed by atoms with van der Waals surface area (Å²) in [5.41, 5.74) is 6.32. The average Bonchev–Trinajstić information content (AvgIpc) is 3.34. The highest BCUT2D eigenvalue weighted by Crippen LogP contribution is 2.42. The number of carbonyl (C=O) groups is 1. The van der Waals surface area contributed by atoms with Gasteiger partial charge in [0.1, 0.15) is 29.0 Å². The lowest BCUT2D eigenvalue weighted by atomic mass is 9.93. The fourth-order valence-electron chi connectivity index (χ4n) is 4.73. The Kier molecular flexibility index (Phi) is 6.07. The van der Waals surface area contributed by atoms with Gasteiger partial charge in [0.15, 0.2) is 0 Å². The number of hydrazine groups is 1. The Bertz CT molecular complexity index is 1550. The first-order chi connectivity index (χ1) is 18.6. The number of ether oxygens (including phenoxy) is 1. The maximum absolute atomic E-state index is 15.2. The molecule has 0 aliphatic carbocycles. The van der Waals surface area contributed by atoms with Crippen LogP contribution in [0.3, 0.4) is 0 Å². The van der Waals surface area contributed by atoms with Gasteiger partial charge in [0.05, 0.1) is 18.7 Å². The first kappa shape index (κ1) is 23.4. The smallest absolute Gasteiger partial charge is 0.278 e. The van der Waals surface area contributed by atoms with Crippen molar-refractivity contribution in [2.24, 2.45) is 0 Å². The molecule has 188 valence electrons. The summed E-state index contributed by atoms with van der Waals surface area (Å²) in [6, 6.07) is 28.5. The summed E-state index contributed by atoms with van der Waals surface area (Å²) in [6.07, 6.45) is 1.67. The molecule has 1 aromatic heterocycles. The molecule has 1 unspecified atom stereocenters. The van der Waals surface area contributed by atoms with Crippen LogP contribution in [0.2, 0.25) is 0 Å². The zero-order chi connectivity index (χ0) is 26.1. The van der Waals surface area contributed by atoms with E-state index in [4.69, 9.17) is 4.74 Å². The third-order valence-corrected chi connectivity index (χ3v) is 6.53. The molecule has 1 atom stereocenters. The second kappa shape index (κ2) is 9.84. The molecule has 2 aliphatic rings. The molecule has 8 heteroatoms. The summed E-state index contributed by atoms with van der Waals surface area (Å²) in [5.74, 6) is 1.45. The molecule has 0 bridgehead atoms. The van der Waals surface area contributed by atoms with E-state index in [0.29, 0.717) is 45.5 Å². The Balaban J connectivity index is 1.53. The number of carbonyl (C=O) groups excluding carboxylic acids is 1. The van der Waals surface area contributed by atoms with E-state index < -0.39 is 6.04 Å². The van der Waals surface area contributed by atoms with Gasteiger partial charge in [-0.3, -0.25) is 4.79 Å². The number of fused-ring (bicyclic) bond motifs is 1. The predicted octanol–water partition coefficient (Wildman–Crippen LogP) is 5.07. The predicted molar refractivity (Wildman–Crippen MR) is 143 cm³/mol. The molecule has 3 aromatic carbocycles. The average molecular weight is 506 g/mol. The number of amides is 1. The topological polar surface area (TPSA) is 78.5 Å². The Morgan fingerprint density at radius 3 is 2.37 bits per heavy atom. The van der Waals surface area contributed by atoms with Crippen molar-refractivity contribution < 1.29 is 13.9 Å². The fourth-order valence-corrected chi connectivity index (χ4v) is 4.73. The number of nitrogens with zero attached hydrogens (tertiary/aromatic N) is 2. The third-order valence-electron chi connectivity index (χ3n) is 6.53. The highest BCUT2D eigenvalue weighted by atomic mass is 19.1. The number of hydrogen-bond acceptors (Lipinski definition) is 6. The van der Waals surface area contributed by atoms with E-state index in [1.807, 2.05) is 60.7 Å². The molecular weight excluding hydrogens is 481 g/mol. The van der Waals surface area contributed by atoms with E-state index in [1.54, 1.807) is 43.6 Å². The summed E-state index contributed by atoms with van der Waals surface area (Å²) in [4.78, 5) is 18.5. The number of pyridine rings is 1. The van der Waals surface area contributed by atoms with E-state index in [0.717, 1.165) is 5.56 Å². The molecule has 0 saturated heterocycles. The number of rotatable bonds is 6. The van der Waals surface area contributed by atoms with Crippen molar-refractivity contribution in [2.45, 2.75) is 6.04 Å². The van der Waals surface area contributed by atoms with Gasteiger partial charge in [-0.1, -0.05) is 66.7 Å². The van der Waals surface area contributed by atoms with Crippen LogP contribution < -0.4 is 20.8 Å². The van der Waals surface area contributed by atoms with Crippen molar-refractivity contribution in [2.75, 3.05) is 12.4 Å². The van der Waals surface area contributed by atoms with Crippen LogP contribution in [0.15, 0.2) is 115 Å². The highest BCUT2D eigenvalue weighted by molar-refractivity contribution is 6.22. The van der Waals surface area contributed by atoms with E-state index in [2.05, 4.69) is 21.0 Å². The van der Waals surface area contributed by atoms with Gasteiger partial charge in [-0.25, -0.2) is 19.8 Å². The molecule has 6 rings (SSSR count). The molecule has 38 heavy (non-hydrogen) atoms. The number of hydrogen-bond donors (Lipinski definition) is 3.